The Morgan fingerprint density at radius 2 is 1.94 bits per heavy atom. The van der Waals surface area contributed by atoms with Gasteiger partial charge in [0.1, 0.15) is 11.4 Å². The summed E-state index contributed by atoms with van der Waals surface area (Å²) in [5.74, 6) is 0.573. The van der Waals surface area contributed by atoms with Gasteiger partial charge in [-0.15, -0.1) is 0 Å². The summed E-state index contributed by atoms with van der Waals surface area (Å²) in [5.41, 5.74) is -0.240. The molecule has 0 fully saturated rings. The Hall–Kier alpha value is -1.19. The van der Waals surface area contributed by atoms with E-state index in [2.05, 4.69) is 0 Å². The summed E-state index contributed by atoms with van der Waals surface area (Å²) < 4.78 is 43.0. The maximum absolute atomic E-state index is 12.5. The lowest BCUT2D eigenvalue weighted by Crippen LogP contribution is -2.32. The zero-order valence-electron chi connectivity index (χ0n) is 9.19. The van der Waals surface area contributed by atoms with Gasteiger partial charge < -0.3 is 4.74 Å². The first-order valence-electron chi connectivity index (χ1n) is 5.17. The molecule has 0 radical (unpaired) electrons. The number of halogens is 3. The van der Waals surface area contributed by atoms with Crippen molar-refractivity contribution in [1.29, 1.82) is 0 Å². The van der Waals surface area contributed by atoms with E-state index in [-0.39, 0.29) is 5.60 Å². The second kappa shape index (κ2) is 3.40. The van der Waals surface area contributed by atoms with E-state index in [0.29, 0.717) is 17.7 Å². The number of aryl methyl sites for hydroxylation is 1. The molecule has 1 aromatic rings. The molecule has 1 nitrogen and oxygen atoms in total. The number of ether oxygens (including phenoxy) is 1. The second-order valence-electron chi connectivity index (χ2n) is 4.68. The quantitative estimate of drug-likeness (QED) is 0.658. The zero-order chi connectivity index (χ0) is 12.0. The fourth-order valence-corrected chi connectivity index (χ4v) is 1.84. The van der Waals surface area contributed by atoms with Crippen LogP contribution >= 0.6 is 0 Å². The molecule has 0 atom stereocenters. The highest BCUT2D eigenvalue weighted by atomic mass is 19.4. The highest BCUT2D eigenvalue weighted by molar-refractivity contribution is 5.40. The lowest BCUT2D eigenvalue weighted by atomic mass is 9.93. The van der Waals surface area contributed by atoms with Crippen molar-refractivity contribution in [2.45, 2.75) is 38.5 Å². The van der Waals surface area contributed by atoms with E-state index >= 15 is 0 Å². The molecule has 0 aliphatic carbocycles. The third kappa shape index (κ3) is 2.15. The van der Waals surface area contributed by atoms with E-state index in [1.165, 1.54) is 12.1 Å². The average molecular weight is 230 g/mol. The monoisotopic (exact) mass is 230 g/mol. The van der Waals surface area contributed by atoms with Gasteiger partial charge in [-0.25, -0.2) is 0 Å². The first kappa shape index (κ1) is 11.3. The van der Waals surface area contributed by atoms with Gasteiger partial charge in [0.15, 0.2) is 0 Å². The number of alkyl halides is 3. The molecule has 0 saturated carbocycles. The van der Waals surface area contributed by atoms with Crippen molar-refractivity contribution in [2.75, 3.05) is 0 Å². The van der Waals surface area contributed by atoms with Crippen molar-refractivity contribution < 1.29 is 17.9 Å². The van der Waals surface area contributed by atoms with Crippen LogP contribution in [0.1, 0.15) is 31.4 Å². The Bertz CT molecular complexity index is 407. The molecule has 0 aromatic heterocycles. The van der Waals surface area contributed by atoms with Crippen LogP contribution in [0, 0.1) is 0 Å². The van der Waals surface area contributed by atoms with E-state index in [0.717, 1.165) is 12.5 Å². The molecule has 16 heavy (non-hydrogen) atoms. The molecule has 88 valence electrons. The molecule has 1 aromatic carbocycles. The fourth-order valence-electron chi connectivity index (χ4n) is 1.84. The summed E-state index contributed by atoms with van der Waals surface area (Å²) in [4.78, 5) is 0. The zero-order valence-corrected chi connectivity index (χ0v) is 9.19. The van der Waals surface area contributed by atoms with Crippen LogP contribution in [0.4, 0.5) is 13.2 Å². The summed E-state index contributed by atoms with van der Waals surface area (Å²) in [5, 5.41) is 0. The SMILES string of the molecule is CC1(C)CCc2cc(C(F)(F)F)ccc2O1. The van der Waals surface area contributed by atoms with Gasteiger partial charge in [-0.1, -0.05) is 0 Å². The molecule has 0 unspecified atom stereocenters. The van der Waals surface area contributed by atoms with Crippen LogP contribution in [0.3, 0.4) is 0 Å². The van der Waals surface area contributed by atoms with Crippen molar-refractivity contribution in [3.8, 4) is 5.75 Å². The molecule has 0 N–H and O–H groups in total. The normalized spacial score (nSPS) is 18.8. The highest BCUT2D eigenvalue weighted by Gasteiger charge is 2.33. The lowest BCUT2D eigenvalue weighted by Gasteiger charge is -2.32. The minimum atomic E-state index is -4.28. The Morgan fingerprint density at radius 1 is 1.25 bits per heavy atom. The van der Waals surface area contributed by atoms with Crippen molar-refractivity contribution in [3.63, 3.8) is 0 Å². The number of hydrogen-bond acceptors (Lipinski definition) is 1. The first-order chi connectivity index (χ1) is 7.28. The molecule has 0 amide bonds. The van der Waals surface area contributed by atoms with Crippen LogP contribution in [0.25, 0.3) is 0 Å². The predicted molar refractivity (Wildman–Crippen MR) is 54.5 cm³/mol. The maximum atomic E-state index is 12.5. The molecule has 0 spiro atoms. The first-order valence-corrected chi connectivity index (χ1v) is 5.17. The van der Waals surface area contributed by atoms with Crippen molar-refractivity contribution in [2.24, 2.45) is 0 Å². The van der Waals surface area contributed by atoms with E-state index in [1.54, 1.807) is 0 Å². The van der Waals surface area contributed by atoms with Crippen LogP contribution in [0.5, 0.6) is 5.75 Å². The molecule has 2 rings (SSSR count). The topological polar surface area (TPSA) is 9.23 Å². The summed E-state index contributed by atoms with van der Waals surface area (Å²) in [6, 6.07) is 3.67. The second-order valence-corrected chi connectivity index (χ2v) is 4.68. The van der Waals surface area contributed by atoms with Gasteiger partial charge in [-0.3, -0.25) is 0 Å². The van der Waals surface area contributed by atoms with Crippen LogP contribution in [0.2, 0.25) is 0 Å². The van der Waals surface area contributed by atoms with Gasteiger partial charge in [0, 0.05) is 0 Å². The van der Waals surface area contributed by atoms with Crippen LogP contribution in [-0.2, 0) is 12.6 Å². The number of rotatable bonds is 0. The largest absolute Gasteiger partial charge is 0.488 e. The fraction of sp³-hybridized carbons (Fsp3) is 0.500. The van der Waals surface area contributed by atoms with E-state index < -0.39 is 11.7 Å². The van der Waals surface area contributed by atoms with E-state index in [1.807, 2.05) is 13.8 Å². The number of hydrogen-bond donors (Lipinski definition) is 0. The average Bonchev–Trinajstić information content (AvgIpc) is 2.14. The Balaban J connectivity index is 2.36. The van der Waals surface area contributed by atoms with Crippen LogP contribution in [0.15, 0.2) is 18.2 Å². The van der Waals surface area contributed by atoms with Gasteiger partial charge in [0.2, 0.25) is 0 Å². The summed E-state index contributed by atoms with van der Waals surface area (Å²) in [6.45, 7) is 3.88. The Kier molecular flexibility index (Phi) is 2.40. The minimum Gasteiger partial charge on any atom is -0.488 e. The molecule has 0 bridgehead atoms. The predicted octanol–water partition coefficient (Wildman–Crippen LogP) is 3.81. The van der Waals surface area contributed by atoms with Crippen molar-refractivity contribution in [1.82, 2.24) is 0 Å². The Morgan fingerprint density at radius 3 is 2.56 bits per heavy atom. The summed E-state index contributed by atoms with van der Waals surface area (Å²) in [6.07, 6.45) is -2.91. The third-order valence-electron chi connectivity index (χ3n) is 2.77. The summed E-state index contributed by atoms with van der Waals surface area (Å²) >= 11 is 0. The van der Waals surface area contributed by atoms with Crippen LogP contribution in [-0.4, -0.2) is 5.60 Å². The molecule has 0 saturated heterocycles. The van der Waals surface area contributed by atoms with Crippen molar-refractivity contribution in [3.05, 3.63) is 29.3 Å². The number of benzene rings is 1. The lowest BCUT2D eigenvalue weighted by molar-refractivity contribution is -0.137. The summed E-state index contributed by atoms with van der Waals surface area (Å²) in [7, 11) is 0. The van der Waals surface area contributed by atoms with Crippen LogP contribution < -0.4 is 4.74 Å². The molecule has 1 aliphatic rings. The third-order valence-corrected chi connectivity index (χ3v) is 2.77. The molecular formula is C12H13F3O. The highest BCUT2D eigenvalue weighted by Crippen LogP contribution is 2.37. The van der Waals surface area contributed by atoms with E-state index in [9.17, 15) is 13.2 Å². The van der Waals surface area contributed by atoms with Gasteiger partial charge >= 0.3 is 6.18 Å². The molecule has 1 aliphatic heterocycles. The van der Waals surface area contributed by atoms with Gasteiger partial charge in [-0.2, -0.15) is 13.2 Å². The standard InChI is InChI=1S/C12H13F3O/c1-11(2)6-5-8-7-9(12(13,14)15)3-4-10(8)16-11/h3-4,7H,5-6H2,1-2H3. The van der Waals surface area contributed by atoms with Gasteiger partial charge in [0.05, 0.1) is 5.56 Å². The van der Waals surface area contributed by atoms with Crippen molar-refractivity contribution >= 4 is 0 Å². The molecule has 1 heterocycles. The Labute approximate surface area is 92.2 Å². The number of fused-ring (bicyclic) bond motifs is 1. The van der Waals surface area contributed by atoms with Gasteiger partial charge in [0.25, 0.3) is 0 Å². The van der Waals surface area contributed by atoms with E-state index in [4.69, 9.17) is 4.74 Å². The smallest absolute Gasteiger partial charge is 0.416 e. The maximum Gasteiger partial charge on any atom is 0.416 e. The molecule has 4 heteroatoms. The minimum absolute atomic E-state index is 0.285. The van der Waals surface area contributed by atoms with Gasteiger partial charge in [-0.05, 0) is 50.5 Å². The molecular weight excluding hydrogens is 217 g/mol.